The second-order valence-corrected chi connectivity index (χ2v) is 5.20. The minimum atomic E-state index is 0.0969. The maximum Gasteiger partial charge on any atom is 0.200 e. The number of thioether (sulfide) groups is 1. The van der Waals surface area contributed by atoms with Crippen LogP contribution in [0.5, 0.6) is 0 Å². The average molecular weight is 284 g/mol. The summed E-state index contributed by atoms with van der Waals surface area (Å²) in [6, 6.07) is 7.44. The predicted octanol–water partition coefficient (Wildman–Crippen LogP) is 2.81. The van der Waals surface area contributed by atoms with Crippen LogP contribution in [0.1, 0.15) is 10.4 Å². The lowest BCUT2D eigenvalue weighted by Crippen LogP contribution is -2.18. The van der Waals surface area contributed by atoms with E-state index in [1.54, 1.807) is 18.0 Å². The Morgan fingerprint density at radius 1 is 1.33 bits per heavy atom. The summed E-state index contributed by atoms with van der Waals surface area (Å²) < 4.78 is 0.988. The normalized spacial score (nSPS) is 15.4. The number of benzene rings is 1. The first-order chi connectivity index (χ1) is 7.27. The fraction of sp³-hybridized carbons (Fsp3) is 0.182. The molecule has 0 unspecified atom stereocenters. The van der Waals surface area contributed by atoms with Gasteiger partial charge < -0.3 is 5.32 Å². The Labute approximate surface area is 101 Å². The van der Waals surface area contributed by atoms with Crippen LogP contribution in [-0.4, -0.2) is 18.1 Å². The molecule has 0 radical (unpaired) electrons. The number of hydrogen-bond donors (Lipinski definition) is 1. The van der Waals surface area contributed by atoms with E-state index in [2.05, 4.69) is 21.2 Å². The third kappa shape index (κ3) is 2.63. The number of Topliss-reactive ketones (excluding diaryl/α,β-unsaturated/α-hetero) is 1. The Bertz CT molecular complexity index is 400. The molecule has 0 bridgehead atoms. The highest BCUT2D eigenvalue weighted by atomic mass is 79.9. The topological polar surface area (TPSA) is 29.1 Å². The number of rotatable bonds is 2. The van der Waals surface area contributed by atoms with Gasteiger partial charge in [0.2, 0.25) is 5.78 Å². The summed E-state index contributed by atoms with van der Waals surface area (Å²) >= 11 is 4.95. The average Bonchev–Trinajstić information content (AvgIpc) is 2.30. The van der Waals surface area contributed by atoms with Crippen LogP contribution in [0.25, 0.3) is 0 Å². The third-order valence-electron chi connectivity index (χ3n) is 2.07. The molecule has 4 heteroatoms. The first-order valence-corrected chi connectivity index (χ1v) is 6.42. The van der Waals surface area contributed by atoms with Crippen LogP contribution in [0.2, 0.25) is 0 Å². The molecule has 78 valence electrons. The van der Waals surface area contributed by atoms with Crippen molar-refractivity contribution in [2.45, 2.75) is 0 Å². The smallest absolute Gasteiger partial charge is 0.200 e. The molecule has 1 heterocycles. The van der Waals surface area contributed by atoms with Gasteiger partial charge in [0.1, 0.15) is 0 Å². The summed E-state index contributed by atoms with van der Waals surface area (Å²) in [5.74, 6) is 1.05. The lowest BCUT2D eigenvalue weighted by Gasteiger charge is -2.12. The first-order valence-electron chi connectivity index (χ1n) is 4.64. The minimum absolute atomic E-state index is 0.0969. The molecule has 1 aromatic carbocycles. The number of halogens is 1. The van der Waals surface area contributed by atoms with Gasteiger partial charge in [-0.05, 0) is 24.3 Å². The Hall–Kier alpha value is -0.740. The molecular formula is C11H10BrNOS. The van der Waals surface area contributed by atoms with E-state index in [1.165, 1.54) is 0 Å². The Kier molecular flexibility index (Phi) is 3.49. The number of nitrogens with one attached hydrogen (secondary N) is 1. The third-order valence-corrected chi connectivity index (χ3v) is 3.62. The van der Waals surface area contributed by atoms with Gasteiger partial charge in [-0.2, -0.15) is 0 Å². The maximum absolute atomic E-state index is 12.0. The summed E-state index contributed by atoms with van der Waals surface area (Å²) in [6.07, 6.45) is 1.80. The van der Waals surface area contributed by atoms with Crippen LogP contribution in [-0.2, 0) is 0 Å². The molecule has 0 fully saturated rings. The van der Waals surface area contributed by atoms with Gasteiger partial charge in [0.15, 0.2) is 0 Å². The van der Waals surface area contributed by atoms with E-state index < -0.39 is 0 Å². The van der Waals surface area contributed by atoms with E-state index in [4.69, 9.17) is 0 Å². The van der Waals surface area contributed by atoms with E-state index in [-0.39, 0.29) is 5.78 Å². The van der Waals surface area contributed by atoms with Crippen molar-refractivity contribution in [1.29, 1.82) is 0 Å². The molecule has 2 nitrogen and oxygen atoms in total. The lowest BCUT2D eigenvalue weighted by molar-refractivity contribution is 0.104. The summed E-state index contributed by atoms with van der Waals surface area (Å²) in [4.78, 5) is 12.8. The second kappa shape index (κ2) is 4.86. The molecule has 0 amide bonds. The van der Waals surface area contributed by atoms with Crippen molar-refractivity contribution in [2.24, 2.45) is 0 Å². The molecule has 1 aromatic rings. The monoisotopic (exact) mass is 283 g/mol. The van der Waals surface area contributed by atoms with Crippen molar-refractivity contribution in [1.82, 2.24) is 5.32 Å². The maximum atomic E-state index is 12.0. The number of allylic oxidation sites excluding steroid dienone is 1. The first kappa shape index (κ1) is 10.8. The van der Waals surface area contributed by atoms with E-state index in [1.807, 2.05) is 24.3 Å². The van der Waals surface area contributed by atoms with Gasteiger partial charge in [-0.3, -0.25) is 4.79 Å². The molecule has 0 aromatic heterocycles. The van der Waals surface area contributed by atoms with Crippen LogP contribution in [0.15, 0.2) is 39.8 Å². The molecule has 0 atom stereocenters. The van der Waals surface area contributed by atoms with Crippen LogP contribution in [0.4, 0.5) is 0 Å². The molecule has 1 aliphatic heterocycles. The van der Waals surface area contributed by atoms with Crippen molar-refractivity contribution in [2.75, 3.05) is 12.3 Å². The zero-order valence-corrected chi connectivity index (χ0v) is 10.4. The second-order valence-electron chi connectivity index (χ2n) is 3.15. The van der Waals surface area contributed by atoms with Crippen molar-refractivity contribution >= 4 is 33.5 Å². The highest BCUT2D eigenvalue weighted by Crippen LogP contribution is 2.22. The molecule has 1 N–H and O–H groups in total. The summed E-state index contributed by atoms with van der Waals surface area (Å²) in [5, 5.41) is 3.08. The van der Waals surface area contributed by atoms with Gasteiger partial charge >= 0.3 is 0 Å². The fourth-order valence-electron chi connectivity index (χ4n) is 1.30. The number of carbonyl (C=O) groups excluding carboxylic acids is 1. The van der Waals surface area contributed by atoms with Gasteiger partial charge in [-0.25, -0.2) is 0 Å². The molecule has 0 aliphatic carbocycles. The molecule has 2 rings (SSSR count). The van der Waals surface area contributed by atoms with E-state index in [0.717, 1.165) is 27.2 Å². The predicted molar refractivity (Wildman–Crippen MR) is 67.0 cm³/mol. The Morgan fingerprint density at radius 3 is 2.67 bits per heavy atom. The van der Waals surface area contributed by atoms with Crippen LogP contribution in [0, 0.1) is 0 Å². The largest absolute Gasteiger partial charge is 0.389 e. The van der Waals surface area contributed by atoms with Crippen LogP contribution < -0.4 is 5.32 Å². The zero-order valence-electron chi connectivity index (χ0n) is 8.00. The fourth-order valence-corrected chi connectivity index (χ4v) is 2.42. The van der Waals surface area contributed by atoms with E-state index in [9.17, 15) is 4.79 Å². The van der Waals surface area contributed by atoms with Gasteiger partial charge in [-0.1, -0.05) is 15.9 Å². The molecular weight excluding hydrogens is 274 g/mol. The summed E-state index contributed by atoms with van der Waals surface area (Å²) in [5.41, 5.74) is 0.737. The number of ketones is 1. The standard InChI is InChI=1S/C11H10BrNOS/c12-9-3-1-8(2-4-9)11(14)10-7-13-5-6-15-10/h1-4,7,13H,5-6H2. The van der Waals surface area contributed by atoms with E-state index in [0.29, 0.717) is 0 Å². The summed E-state index contributed by atoms with van der Waals surface area (Å²) in [6.45, 7) is 0.932. The molecule has 1 aliphatic rings. The number of hydrogen-bond acceptors (Lipinski definition) is 3. The van der Waals surface area contributed by atoms with Gasteiger partial charge in [0, 0.05) is 28.5 Å². The summed E-state index contributed by atoms with van der Waals surface area (Å²) in [7, 11) is 0. The van der Waals surface area contributed by atoms with Crippen molar-refractivity contribution in [3.8, 4) is 0 Å². The van der Waals surface area contributed by atoms with Crippen molar-refractivity contribution in [3.63, 3.8) is 0 Å². The molecule has 15 heavy (non-hydrogen) atoms. The van der Waals surface area contributed by atoms with Crippen LogP contribution in [0.3, 0.4) is 0 Å². The Balaban J connectivity index is 2.20. The number of carbonyl (C=O) groups is 1. The van der Waals surface area contributed by atoms with E-state index >= 15 is 0 Å². The van der Waals surface area contributed by atoms with Crippen molar-refractivity contribution < 1.29 is 4.79 Å². The molecule has 0 saturated heterocycles. The van der Waals surface area contributed by atoms with Crippen LogP contribution >= 0.6 is 27.7 Å². The quantitative estimate of drug-likeness (QED) is 0.847. The van der Waals surface area contributed by atoms with Gasteiger partial charge in [0.05, 0.1) is 4.91 Å². The lowest BCUT2D eigenvalue weighted by atomic mass is 10.1. The Morgan fingerprint density at radius 2 is 2.07 bits per heavy atom. The molecule has 0 spiro atoms. The van der Waals surface area contributed by atoms with Gasteiger partial charge in [-0.15, -0.1) is 11.8 Å². The highest BCUT2D eigenvalue weighted by Gasteiger charge is 2.14. The van der Waals surface area contributed by atoms with Gasteiger partial charge in [0.25, 0.3) is 0 Å². The zero-order chi connectivity index (χ0) is 10.7. The SMILES string of the molecule is O=C(C1=CNCCS1)c1ccc(Br)cc1. The minimum Gasteiger partial charge on any atom is -0.389 e. The van der Waals surface area contributed by atoms with Crippen molar-refractivity contribution in [3.05, 3.63) is 45.4 Å². The highest BCUT2D eigenvalue weighted by molar-refractivity contribution is 9.10. The molecule has 0 saturated carbocycles.